The normalized spacial score (nSPS) is 21.6. The van der Waals surface area contributed by atoms with Crippen LogP contribution in [-0.4, -0.2) is 25.1 Å². The van der Waals surface area contributed by atoms with Crippen LogP contribution in [0.2, 0.25) is 0 Å². The van der Waals surface area contributed by atoms with Crippen molar-refractivity contribution in [2.24, 2.45) is 0 Å². The van der Waals surface area contributed by atoms with Gasteiger partial charge in [0.25, 0.3) is 0 Å². The summed E-state index contributed by atoms with van der Waals surface area (Å²) in [6, 6.07) is 36.8. The molecular formula is C34H32O5. The summed E-state index contributed by atoms with van der Waals surface area (Å²) in [6.45, 7) is 1.66. The zero-order chi connectivity index (χ0) is 26.3. The molecule has 0 aromatic heterocycles. The Morgan fingerprint density at radius 3 is 1.69 bits per heavy atom. The summed E-state index contributed by atoms with van der Waals surface area (Å²) in [5.74, 6) is 1.47. The Morgan fingerprint density at radius 2 is 1.08 bits per heavy atom. The van der Waals surface area contributed by atoms with Crippen molar-refractivity contribution in [1.82, 2.24) is 0 Å². The third kappa shape index (κ3) is 6.23. The lowest BCUT2D eigenvalue weighted by atomic mass is 9.83. The van der Waals surface area contributed by atoms with Gasteiger partial charge in [-0.3, -0.25) is 0 Å². The van der Waals surface area contributed by atoms with Crippen molar-refractivity contribution < 1.29 is 23.7 Å². The summed E-state index contributed by atoms with van der Waals surface area (Å²) in [5, 5.41) is 0. The first-order chi connectivity index (χ1) is 19.3. The fraction of sp³-hybridized carbons (Fsp3) is 0.235. The molecular weight excluding hydrogens is 488 g/mol. The monoisotopic (exact) mass is 520 g/mol. The summed E-state index contributed by atoms with van der Waals surface area (Å²) in [6.07, 6.45) is 3.40. The van der Waals surface area contributed by atoms with Gasteiger partial charge in [0.2, 0.25) is 6.79 Å². The van der Waals surface area contributed by atoms with Gasteiger partial charge in [0.15, 0.2) is 11.5 Å². The molecule has 0 fully saturated rings. The highest BCUT2D eigenvalue weighted by molar-refractivity contribution is 5.47. The largest absolute Gasteiger partial charge is 0.454 e. The van der Waals surface area contributed by atoms with E-state index in [1.54, 1.807) is 0 Å². The highest BCUT2D eigenvalue weighted by Gasteiger charge is 2.40. The average Bonchev–Trinajstić information content (AvgIpc) is 3.48. The predicted octanol–water partition coefficient (Wildman–Crippen LogP) is 6.82. The number of hydrogen-bond donors (Lipinski definition) is 0. The Labute approximate surface area is 229 Å². The smallest absolute Gasteiger partial charge is 0.231 e. The molecule has 39 heavy (non-hydrogen) atoms. The molecule has 1 aliphatic carbocycles. The fourth-order valence-corrected chi connectivity index (χ4v) is 5.10. The third-order valence-corrected chi connectivity index (χ3v) is 7.15. The fourth-order valence-electron chi connectivity index (χ4n) is 5.10. The molecule has 0 radical (unpaired) electrons. The first-order valence-corrected chi connectivity index (χ1v) is 13.4. The van der Waals surface area contributed by atoms with Crippen LogP contribution in [0.1, 0.15) is 28.2 Å². The van der Waals surface area contributed by atoms with E-state index < -0.39 is 0 Å². The van der Waals surface area contributed by atoms with E-state index in [1.165, 1.54) is 0 Å². The molecule has 0 N–H and O–H groups in total. The molecule has 1 heterocycles. The maximum Gasteiger partial charge on any atom is 0.231 e. The van der Waals surface area contributed by atoms with Crippen molar-refractivity contribution in [2.75, 3.05) is 6.79 Å². The minimum absolute atomic E-state index is 0.0550. The topological polar surface area (TPSA) is 46.2 Å². The molecule has 5 nitrogen and oxygen atoms in total. The van der Waals surface area contributed by atoms with E-state index in [0.717, 1.165) is 33.8 Å². The van der Waals surface area contributed by atoms with Gasteiger partial charge in [0.05, 0.1) is 25.9 Å². The van der Waals surface area contributed by atoms with Crippen LogP contribution in [0.15, 0.2) is 121 Å². The second kappa shape index (κ2) is 12.3. The first-order valence-electron chi connectivity index (χ1n) is 13.4. The molecule has 198 valence electrons. The Morgan fingerprint density at radius 1 is 0.538 bits per heavy atom. The summed E-state index contributed by atoms with van der Waals surface area (Å²) in [4.78, 5) is 0. The van der Waals surface area contributed by atoms with Crippen LogP contribution in [0.25, 0.3) is 0 Å². The molecule has 0 unspecified atom stereocenters. The van der Waals surface area contributed by atoms with Crippen LogP contribution in [0.4, 0.5) is 0 Å². The van der Waals surface area contributed by atoms with Crippen molar-refractivity contribution in [1.29, 1.82) is 0 Å². The van der Waals surface area contributed by atoms with Gasteiger partial charge in [-0.1, -0.05) is 109 Å². The Bertz CT molecular complexity index is 1360. The summed E-state index contributed by atoms with van der Waals surface area (Å²) in [5.41, 5.74) is 4.42. The van der Waals surface area contributed by atoms with Gasteiger partial charge >= 0.3 is 0 Å². The van der Waals surface area contributed by atoms with Crippen LogP contribution >= 0.6 is 0 Å². The van der Waals surface area contributed by atoms with Crippen molar-refractivity contribution in [3.8, 4) is 11.5 Å². The van der Waals surface area contributed by atoms with E-state index in [0.29, 0.717) is 19.8 Å². The van der Waals surface area contributed by atoms with Gasteiger partial charge in [-0.15, -0.1) is 0 Å². The molecule has 6 rings (SSSR count). The molecule has 5 heteroatoms. The molecule has 0 bridgehead atoms. The van der Waals surface area contributed by atoms with Crippen molar-refractivity contribution >= 4 is 0 Å². The van der Waals surface area contributed by atoms with Gasteiger partial charge in [0, 0.05) is 5.92 Å². The lowest BCUT2D eigenvalue weighted by Crippen LogP contribution is -2.47. The molecule has 2 aliphatic rings. The van der Waals surface area contributed by atoms with Gasteiger partial charge in [0.1, 0.15) is 12.2 Å². The quantitative estimate of drug-likeness (QED) is 0.215. The SMILES string of the molecule is C1=C[C@@H](c2ccc3c(c2)OCO3)[C@@H](OCc2ccccc2)[C@H](OCc2ccccc2)[C@H]1OCc1ccccc1. The van der Waals surface area contributed by atoms with E-state index in [4.69, 9.17) is 23.7 Å². The van der Waals surface area contributed by atoms with Gasteiger partial charge < -0.3 is 23.7 Å². The van der Waals surface area contributed by atoms with E-state index in [9.17, 15) is 0 Å². The zero-order valence-electron chi connectivity index (χ0n) is 21.7. The highest BCUT2D eigenvalue weighted by atomic mass is 16.7. The first kappa shape index (κ1) is 25.4. The lowest BCUT2D eigenvalue weighted by Gasteiger charge is -2.39. The maximum atomic E-state index is 6.71. The number of fused-ring (bicyclic) bond motifs is 1. The lowest BCUT2D eigenvalue weighted by molar-refractivity contribution is -0.147. The van der Waals surface area contributed by atoms with Crippen LogP contribution in [0.3, 0.4) is 0 Å². The maximum absolute atomic E-state index is 6.71. The van der Waals surface area contributed by atoms with Crippen LogP contribution in [0, 0.1) is 0 Å². The van der Waals surface area contributed by atoms with Gasteiger partial charge in [-0.2, -0.15) is 0 Å². The van der Waals surface area contributed by atoms with Crippen molar-refractivity contribution in [2.45, 2.75) is 44.1 Å². The third-order valence-electron chi connectivity index (χ3n) is 7.15. The second-order valence-electron chi connectivity index (χ2n) is 9.81. The van der Waals surface area contributed by atoms with Crippen LogP contribution in [-0.2, 0) is 34.0 Å². The molecule has 1 aliphatic heterocycles. The van der Waals surface area contributed by atoms with Gasteiger partial charge in [-0.25, -0.2) is 0 Å². The molecule has 0 saturated carbocycles. The van der Waals surface area contributed by atoms with Gasteiger partial charge in [-0.05, 0) is 34.4 Å². The summed E-state index contributed by atoms with van der Waals surface area (Å²) >= 11 is 0. The minimum Gasteiger partial charge on any atom is -0.454 e. The Balaban J connectivity index is 1.31. The minimum atomic E-state index is -0.335. The van der Waals surface area contributed by atoms with E-state index >= 15 is 0 Å². The van der Waals surface area contributed by atoms with Crippen molar-refractivity contribution in [3.05, 3.63) is 144 Å². The molecule has 4 atom stereocenters. The Hall–Kier alpha value is -3.90. The zero-order valence-corrected chi connectivity index (χ0v) is 21.7. The number of ether oxygens (including phenoxy) is 5. The molecule has 4 aromatic rings. The standard InChI is InChI=1S/C34H32O5/c1-4-10-25(11-5-1)21-35-31-19-17-29(28-16-18-30-32(20-28)39-24-38-30)33(36-22-26-12-6-2-7-13-26)34(31)37-23-27-14-8-3-9-15-27/h1-20,29,31,33-34H,21-24H2/t29-,31-,33+,34+/m0/s1. The van der Waals surface area contributed by atoms with E-state index in [-0.39, 0.29) is 31.0 Å². The summed E-state index contributed by atoms with van der Waals surface area (Å²) in [7, 11) is 0. The number of hydrogen-bond acceptors (Lipinski definition) is 5. The number of benzene rings is 4. The average molecular weight is 521 g/mol. The highest BCUT2D eigenvalue weighted by Crippen LogP contribution is 2.40. The predicted molar refractivity (Wildman–Crippen MR) is 150 cm³/mol. The molecule has 0 spiro atoms. The van der Waals surface area contributed by atoms with Crippen LogP contribution < -0.4 is 9.47 Å². The van der Waals surface area contributed by atoms with Crippen molar-refractivity contribution in [3.63, 3.8) is 0 Å². The number of rotatable bonds is 10. The molecule has 0 saturated heterocycles. The molecule has 4 aromatic carbocycles. The van der Waals surface area contributed by atoms with E-state index in [2.05, 4.69) is 60.7 Å². The molecule has 0 amide bonds. The van der Waals surface area contributed by atoms with E-state index in [1.807, 2.05) is 60.7 Å². The van der Waals surface area contributed by atoms with Crippen LogP contribution in [0.5, 0.6) is 11.5 Å². The summed E-state index contributed by atoms with van der Waals surface area (Å²) < 4.78 is 31.1. The second-order valence-corrected chi connectivity index (χ2v) is 9.81. The Kier molecular flexibility index (Phi) is 8.01.